The van der Waals surface area contributed by atoms with Crippen molar-refractivity contribution in [3.63, 3.8) is 0 Å². The van der Waals surface area contributed by atoms with Gasteiger partial charge in [-0.1, -0.05) is 41.4 Å². The topological polar surface area (TPSA) is 61.8 Å². The summed E-state index contributed by atoms with van der Waals surface area (Å²) in [6, 6.07) is 11.6. The quantitative estimate of drug-likeness (QED) is 0.587. The molecule has 0 bridgehead atoms. The number of rotatable bonds is 4. The normalized spacial score (nSPS) is 19.4. The Kier molecular flexibility index (Phi) is 5.16. The summed E-state index contributed by atoms with van der Waals surface area (Å²) in [4.78, 5) is 24.4. The molecule has 1 aliphatic heterocycles. The molecular formula is C18H14Cl2O5. The van der Waals surface area contributed by atoms with Crippen LogP contribution in [0.25, 0.3) is 0 Å². The number of cyclic esters (lactones) is 1. The highest BCUT2D eigenvalue weighted by atomic mass is 35.5. The minimum Gasteiger partial charge on any atom is -0.496 e. The van der Waals surface area contributed by atoms with Gasteiger partial charge < -0.3 is 14.2 Å². The lowest BCUT2D eigenvalue weighted by atomic mass is 9.94. The molecular weight excluding hydrogens is 367 g/mol. The fourth-order valence-electron chi connectivity index (χ4n) is 2.69. The number of para-hydroxylation sites is 1. The predicted octanol–water partition coefficient (Wildman–Crippen LogP) is 4.21. The first-order valence-electron chi connectivity index (χ1n) is 7.48. The van der Waals surface area contributed by atoms with Crippen LogP contribution in [-0.4, -0.2) is 19.0 Å². The Morgan fingerprint density at radius 2 is 1.92 bits per heavy atom. The highest BCUT2D eigenvalue weighted by molar-refractivity contribution is 6.35. The summed E-state index contributed by atoms with van der Waals surface area (Å²) < 4.78 is 16.0. The number of carbonyl (C=O) groups is 2. The summed E-state index contributed by atoms with van der Waals surface area (Å²) in [6.07, 6.45) is -0.852. The van der Waals surface area contributed by atoms with E-state index in [0.717, 1.165) is 0 Å². The van der Waals surface area contributed by atoms with Crippen molar-refractivity contribution in [2.75, 3.05) is 7.11 Å². The maximum atomic E-state index is 12.6. The number of ether oxygens (including phenoxy) is 3. The summed E-state index contributed by atoms with van der Waals surface area (Å²) in [5.74, 6) is -1.17. The van der Waals surface area contributed by atoms with Crippen LogP contribution in [0, 0.1) is 5.92 Å². The summed E-state index contributed by atoms with van der Waals surface area (Å²) >= 11 is 11.9. The van der Waals surface area contributed by atoms with E-state index < -0.39 is 24.0 Å². The maximum absolute atomic E-state index is 12.6. The van der Waals surface area contributed by atoms with Crippen molar-refractivity contribution in [3.05, 3.63) is 58.1 Å². The third kappa shape index (κ3) is 3.72. The van der Waals surface area contributed by atoms with Gasteiger partial charge in [0.2, 0.25) is 0 Å². The number of halogens is 2. The van der Waals surface area contributed by atoms with E-state index >= 15 is 0 Å². The van der Waals surface area contributed by atoms with Crippen molar-refractivity contribution in [1.29, 1.82) is 0 Å². The van der Waals surface area contributed by atoms with Crippen LogP contribution in [0.4, 0.5) is 0 Å². The first-order valence-corrected chi connectivity index (χ1v) is 8.24. The van der Waals surface area contributed by atoms with E-state index in [9.17, 15) is 9.59 Å². The Morgan fingerprint density at radius 3 is 2.64 bits per heavy atom. The second-order valence-corrected chi connectivity index (χ2v) is 6.30. The Labute approximate surface area is 154 Å². The molecule has 0 spiro atoms. The van der Waals surface area contributed by atoms with E-state index in [4.69, 9.17) is 37.4 Å². The summed E-state index contributed by atoms with van der Waals surface area (Å²) in [5, 5.41) is 0.635. The van der Waals surface area contributed by atoms with E-state index in [1.807, 2.05) is 0 Å². The minimum atomic E-state index is -0.796. The van der Waals surface area contributed by atoms with Gasteiger partial charge in [-0.05, 0) is 24.3 Å². The zero-order chi connectivity index (χ0) is 18.0. The maximum Gasteiger partial charge on any atom is 0.319 e. The van der Waals surface area contributed by atoms with Gasteiger partial charge in [0.05, 0.1) is 18.6 Å². The van der Waals surface area contributed by atoms with Gasteiger partial charge in [0.25, 0.3) is 0 Å². The standard InChI is InChI=1S/C18H14Cl2O5/c1-23-14-5-3-2-4-11(14)17-12(9-16(21)25-17)18(22)24-15-7-6-10(19)8-13(15)20/h2-8,12,17H,9H2,1H3/t12-,17+/m0/s1. The molecule has 3 rings (SSSR count). The number of hydrogen-bond donors (Lipinski definition) is 0. The van der Waals surface area contributed by atoms with E-state index in [2.05, 4.69) is 0 Å². The molecule has 0 saturated carbocycles. The molecule has 0 aliphatic carbocycles. The third-order valence-corrected chi connectivity index (χ3v) is 4.39. The minimum absolute atomic E-state index is 0.0766. The molecule has 1 aliphatic rings. The van der Waals surface area contributed by atoms with Crippen LogP contribution in [0.15, 0.2) is 42.5 Å². The molecule has 0 unspecified atom stereocenters. The van der Waals surface area contributed by atoms with Crippen LogP contribution in [0.5, 0.6) is 11.5 Å². The van der Waals surface area contributed by atoms with Crippen molar-refractivity contribution >= 4 is 35.1 Å². The molecule has 25 heavy (non-hydrogen) atoms. The van der Waals surface area contributed by atoms with Crippen LogP contribution in [-0.2, 0) is 14.3 Å². The SMILES string of the molecule is COc1ccccc1[C@H]1OC(=O)C[C@@H]1C(=O)Oc1ccc(Cl)cc1Cl. The molecule has 0 aromatic heterocycles. The Bertz CT molecular complexity index is 821. The molecule has 2 atom stereocenters. The average molecular weight is 381 g/mol. The second kappa shape index (κ2) is 7.33. The van der Waals surface area contributed by atoms with Gasteiger partial charge in [-0.15, -0.1) is 0 Å². The van der Waals surface area contributed by atoms with Crippen molar-refractivity contribution in [1.82, 2.24) is 0 Å². The monoisotopic (exact) mass is 380 g/mol. The Hall–Kier alpha value is -2.24. The first-order chi connectivity index (χ1) is 12.0. The van der Waals surface area contributed by atoms with Gasteiger partial charge in [0.15, 0.2) is 0 Å². The molecule has 1 fully saturated rings. The summed E-state index contributed by atoms with van der Waals surface area (Å²) in [5.41, 5.74) is 0.611. The zero-order valence-corrected chi connectivity index (χ0v) is 14.7. The lowest BCUT2D eigenvalue weighted by Crippen LogP contribution is -2.23. The molecule has 0 radical (unpaired) electrons. The molecule has 1 heterocycles. The van der Waals surface area contributed by atoms with Gasteiger partial charge >= 0.3 is 11.9 Å². The molecule has 0 N–H and O–H groups in total. The van der Waals surface area contributed by atoms with E-state index in [-0.39, 0.29) is 17.2 Å². The highest BCUT2D eigenvalue weighted by Crippen LogP contribution is 2.40. The Balaban J connectivity index is 1.86. The van der Waals surface area contributed by atoms with E-state index in [1.54, 1.807) is 30.3 Å². The lowest BCUT2D eigenvalue weighted by Gasteiger charge is -2.19. The lowest BCUT2D eigenvalue weighted by molar-refractivity contribution is -0.143. The van der Waals surface area contributed by atoms with Gasteiger partial charge in [-0.25, -0.2) is 0 Å². The molecule has 2 aromatic carbocycles. The Morgan fingerprint density at radius 1 is 1.16 bits per heavy atom. The zero-order valence-electron chi connectivity index (χ0n) is 13.2. The van der Waals surface area contributed by atoms with E-state index in [1.165, 1.54) is 19.2 Å². The number of benzene rings is 2. The smallest absolute Gasteiger partial charge is 0.319 e. The van der Waals surface area contributed by atoms with Crippen LogP contribution in [0.1, 0.15) is 18.1 Å². The van der Waals surface area contributed by atoms with Crippen LogP contribution >= 0.6 is 23.2 Å². The van der Waals surface area contributed by atoms with Gasteiger partial charge in [-0.2, -0.15) is 0 Å². The van der Waals surface area contributed by atoms with Crippen LogP contribution in [0.3, 0.4) is 0 Å². The molecule has 7 heteroatoms. The fourth-order valence-corrected chi connectivity index (χ4v) is 3.14. The largest absolute Gasteiger partial charge is 0.496 e. The number of esters is 2. The van der Waals surface area contributed by atoms with Gasteiger partial charge in [0.1, 0.15) is 23.5 Å². The highest BCUT2D eigenvalue weighted by Gasteiger charge is 2.43. The molecule has 5 nitrogen and oxygen atoms in total. The van der Waals surface area contributed by atoms with Crippen LogP contribution < -0.4 is 9.47 Å². The van der Waals surface area contributed by atoms with Crippen LogP contribution in [0.2, 0.25) is 10.0 Å². The molecule has 1 saturated heterocycles. The van der Waals surface area contributed by atoms with Gasteiger partial charge in [0, 0.05) is 10.6 Å². The first kappa shape index (κ1) is 17.6. The van der Waals surface area contributed by atoms with Crippen molar-refractivity contribution in [2.24, 2.45) is 5.92 Å². The number of hydrogen-bond acceptors (Lipinski definition) is 5. The molecule has 130 valence electrons. The fraction of sp³-hybridized carbons (Fsp3) is 0.222. The molecule has 0 amide bonds. The summed E-state index contributed by atoms with van der Waals surface area (Å²) in [6.45, 7) is 0. The summed E-state index contributed by atoms with van der Waals surface area (Å²) in [7, 11) is 1.51. The number of carbonyl (C=O) groups excluding carboxylic acids is 2. The number of methoxy groups -OCH3 is 1. The van der Waals surface area contributed by atoms with Crippen molar-refractivity contribution in [3.8, 4) is 11.5 Å². The second-order valence-electron chi connectivity index (χ2n) is 5.46. The predicted molar refractivity (Wildman–Crippen MR) is 92.0 cm³/mol. The molecule has 2 aromatic rings. The average Bonchev–Trinajstić information content (AvgIpc) is 2.99. The van der Waals surface area contributed by atoms with E-state index in [0.29, 0.717) is 16.3 Å². The van der Waals surface area contributed by atoms with Crippen molar-refractivity contribution < 1.29 is 23.8 Å². The van der Waals surface area contributed by atoms with Gasteiger partial charge in [-0.3, -0.25) is 9.59 Å². The third-order valence-electron chi connectivity index (χ3n) is 3.86. The van der Waals surface area contributed by atoms with Crippen molar-refractivity contribution in [2.45, 2.75) is 12.5 Å².